The Bertz CT molecular complexity index is 174. The molecular formula is C9H19NO3. The summed E-state index contributed by atoms with van der Waals surface area (Å²) in [4.78, 5) is 11.2. The molecule has 0 aliphatic heterocycles. The van der Waals surface area contributed by atoms with E-state index >= 15 is 0 Å². The van der Waals surface area contributed by atoms with Gasteiger partial charge in [0.25, 0.3) is 0 Å². The van der Waals surface area contributed by atoms with E-state index in [0.717, 1.165) is 0 Å². The summed E-state index contributed by atoms with van der Waals surface area (Å²) in [6.45, 7) is 7.27. The second-order valence-corrected chi connectivity index (χ2v) is 4.16. The number of aliphatic hydroxyl groups is 1. The summed E-state index contributed by atoms with van der Waals surface area (Å²) in [5.74, 6) is -0.0106. The second-order valence-electron chi connectivity index (χ2n) is 4.16. The van der Waals surface area contributed by atoms with E-state index in [4.69, 9.17) is 5.11 Å². The SMILES string of the molecule is CO[C@@H](O)N[C@@H](C(C)=O)C(C)(C)C. The summed E-state index contributed by atoms with van der Waals surface area (Å²) in [5.41, 5.74) is -0.231. The minimum absolute atomic E-state index is 0.0106. The van der Waals surface area contributed by atoms with Crippen molar-refractivity contribution in [3.05, 3.63) is 0 Å². The maximum Gasteiger partial charge on any atom is 0.213 e. The van der Waals surface area contributed by atoms with Crippen molar-refractivity contribution in [2.45, 2.75) is 40.2 Å². The summed E-state index contributed by atoms with van der Waals surface area (Å²) >= 11 is 0. The van der Waals surface area contributed by atoms with Crippen LogP contribution in [0.4, 0.5) is 0 Å². The van der Waals surface area contributed by atoms with Crippen LogP contribution in [0.1, 0.15) is 27.7 Å². The molecule has 0 bridgehead atoms. The summed E-state index contributed by atoms with van der Waals surface area (Å²) in [7, 11) is 1.37. The van der Waals surface area contributed by atoms with Crippen LogP contribution in [0.2, 0.25) is 0 Å². The largest absolute Gasteiger partial charge is 0.356 e. The minimum atomic E-state index is -1.09. The van der Waals surface area contributed by atoms with Gasteiger partial charge in [0.15, 0.2) is 0 Å². The number of carbonyl (C=O) groups is 1. The number of ketones is 1. The van der Waals surface area contributed by atoms with Crippen LogP contribution in [0, 0.1) is 5.41 Å². The molecule has 4 heteroatoms. The molecule has 4 nitrogen and oxygen atoms in total. The first-order valence-electron chi connectivity index (χ1n) is 4.26. The van der Waals surface area contributed by atoms with Gasteiger partial charge in [0, 0.05) is 7.11 Å². The summed E-state index contributed by atoms with van der Waals surface area (Å²) < 4.78 is 4.62. The lowest BCUT2D eigenvalue weighted by atomic mass is 9.84. The zero-order chi connectivity index (χ0) is 10.6. The van der Waals surface area contributed by atoms with E-state index in [1.165, 1.54) is 14.0 Å². The zero-order valence-corrected chi connectivity index (χ0v) is 8.92. The maximum absolute atomic E-state index is 11.2. The standard InChI is InChI=1S/C9H19NO3/c1-6(11)7(9(2,3)4)10-8(12)13-5/h7-8,10,12H,1-5H3/t7-,8+/m0/s1. The average molecular weight is 189 g/mol. The minimum Gasteiger partial charge on any atom is -0.356 e. The topological polar surface area (TPSA) is 58.6 Å². The number of carbonyl (C=O) groups excluding carboxylic acids is 1. The van der Waals surface area contributed by atoms with Gasteiger partial charge >= 0.3 is 0 Å². The molecule has 2 N–H and O–H groups in total. The highest BCUT2D eigenvalue weighted by molar-refractivity contribution is 5.82. The number of methoxy groups -OCH3 is 1. The van der Waals surface area contributed by atoms with Crippen molar-refractivity contribution in [2.24, 2.45) is 5.41 Å². The molecule has 0 saturated heterocycles. The van der Waals surface area contributed by atoms with Gasteiger partial charge in [0.05, 0.1) is 6.04 Å². The summed E-state index contributed by atoms with van der Waals surface area (Å²) in [5, 5.41) is 11.8. The van der Waals surface area contributed by atoms with E-state index in [1.807, 2.05) is 20.8 Å². The molecule has 0 spiro atoms. The monoisotopic (exact) mass is 189 g/mol. The Balaban J connectivity index is 4.37. The van der Waals surface area contributed by atoms with Crippen LogP contribution in [-0.4, -0.2) is 30.5 Å². The van der Waals surface area contributed by atoms with E-state index in [9.17, 15) is 4.79 Å². The Hall–Kier alpha value is -0.450. The molecule has 0 amide bonds. The summed E-state index contributed by atoms with van der Waals surface area (Å²) in [6, 6.07) is -0.401. The Kier molecular flexibility index (Phi) is 4.53. The predicted molar refractivity (Wildman–Crippen MR) is 50.1 cm³/mol. The average Bonchev–Trinajstić information content (AvgIpc) is 1.96. The molecule has 78 valence electrons. The molecule has 0 unspecified atom stereocenters. The summed E-state index contributed by atoms with van der Waals surface area (Å²) in [6.07, 6.45) is -1.09. The molecule has 0 aliphatic carbocycles. The van der Waals surface area contributed by atoms with Crippen molar-refractivity contribution >= 4 is 5.78 Å². The molecule has 2 atom stereocenters. The van der Waals surface area contributed by atoms with Crippen molar-refractivity contribution in [1.82, 2.24) is 5.32 Å². The highest BCUT2D eigenvalue weighted by Gasteiger charge is 2.29. The van der Waals surface area contributed by atoms with Crippen LogP contribution in [0.25, 0.3) is 0 Å². The fraction of sp³-hybridized carbons (Fsp3) is 0.889. The first-order valence-corrected chi connectivity index (χ1v) is 4.26. The fourth-order valence-electron chi connectivity index (χ4n) is 1.19. The number of nitrogens with one attached hydrogen (secondary N) is 1. The Morgan fingerprint density at radius 3 is 2.15 bits per heavy atom. The molecule has 0 saturated carbocycles. The van der Waals surface area contributed by atoms with Gasteiger partial charge in [0.2, 0.25) is 6.41 Å². The van der Waals surface area contributed by atoms with Crippen molar-refractivity contribution < 1.29 is 14.6 Å². The number of hydrogen-bond donors (Lipinski definition) is 2. The molecule has 0 fully saturated rings. The zero-order valence-electron chi connectivity index (χ0n) is 8.92. The van der Waals surface area contributed by atoms with Crippen molar-refractivity contribution in [3.8, 4) is 0 Å². The van der Waals surface area contributed by atoms with Gasteiger partial charge in [-0.25, -0.2) is 0 Å². The Morgan fingerprint density at radius 2 is 1.92 bits per heavy atom. The van der Waals surface area contributed by atoms with Gasteiger partial charge in [0.1, 0.15) is 5.78 Å². The van der Waals surface area contributed by atoms with Crippen LogP contribution in [0.5, 0.6) is 0 Å². The first-order chi connectivity index (χ1) is 5.79. The first kappa shape index (κ1) is 12.6. The van der Waals surface area contributed by atoms with E-state index < -0.39 is 12.5 Å². The number of aliphatic hydroxyl groups excluding tert-OH is 1. The lowest BCUT2D eigenvalue weighted by Crippen LogP contribution is -2.50. The number of Topliss-reactive ketones (excluding diaryl/α,β-unsaturated/α-hetero) is 1. The van der Waals surface area contributed by atoms with Gasteiger partial charge < -0.3 is 9.84 Å². The Morgan fingerprint density at radius 1 is 1.46 bits per heavy atom. The molecule has 13 heavy (non-hydrogen) atoms. The molecule has 0 aromatic heterocycles. The van der Waals surface area contributed by atoms with Crippen LogP contribution >= 0.6 is 0 Å². The van der Waals surface area contributed by atoms with Gasteiger partial charge in [-0.1, -0.05) is 20.8 Å². The molecular weight excluding hydrogens is 170 g/mol. The van der Waals surface area contributed by atoms with Crippen molar-refractivity contribution in [3.63, 3.8) is 0 Å². The van der Waals surface area contributed by atoms with E-state index in [0.29, 0.717) is 0 Å². The number of ether oxygens (including phenoxy) is 1. The number of hydrogen-bond acceptors (Lipinski definition) is 4. The van der Waals surface area contributed by atoms with Gasteiger partial charge in [-0.05, 0) is 12.3 Å². The van der Waals surface area contributed by atoms with E-state index in [2.05, 4.69) is 10.1 Å². The smallest absolute Gasteiger partial charge is 0.213 e. The number of rotatable bonds is 4. The van der Waals surface area contributed by atoms with Crippen molar-refractivity contribution in [1.29, 1.82) is 0 Å². The van der Waals surface area contributed by atoms with E-state index in [1.54, 1.807) is 0 Å². The lowest BCUT2D eigenvalue weighted by Gasteiger charge is -2.30. The highest BCUT2D eigenvalue weighted by Crippen LogP contribution is 2.20. The predicted octanol–water partition coefficient (Wildman–Crippen LogP) is 0.502. The van der Waals surface area contributed by atoms with Crippen LogP contribution < -0.4 is 5.32 Å². The van der Waals surface area contributed by atoms with Crippen molar-refractivity contribution in [2.75, 3.05) is 7.11 Å². The third kappa shape index (κ3) is 4.36. The third-order valence-electron chi connectivity index (χ3n) is 1.81. The Labute approximate surface area is 79.3 Å². The molecule has 0 rings (SSSR count). The molecule has 0 aromatic carbocycles. The fourth-order valence-corrected chi connectivity index (χ4v) is 1.19. The van der Waals surface area contributed by atoms with Crippen LogP contribution in [-0.2, 0) is 9.53 Å². The van der Waals surface area contributed by atoms with Gasteiger partial charge in [-0.15, -0.1) is 0 Å². The van der Waals surface area contributed by atoms with Crippen LogP contribution in [0.15, 0.2) is 0 Å². The quantitative estimate of drug-likeness (QED) is 0.632. The van der Waals surface area contributed by atoms with E-state index in [-0.39, 0.29) is 11.2 Å². The molecule has 0 heterocycles. The lowest BCUT2D eigenvalue weighted by molar-refractivity contribution is -0.134. The third-order valence-corrected chi connectivity index (χ3v) is 1.81. The molecule has 0 aromatic rings. The van der Waals surface area contributed by atoms with Gasteiger partial charge in [-0.3, -0.25) is 10.1 Å². The van der Waals surface area contributed by atoms with Gasteiger partial charge in [-0.2, -0.15) is 0 Å². The molecule has 0 radical (unpaired) electrons. The highest BCUT2D eigenvalue weighted by atomic mass is 16.6. The second kappa shape index (κ2) is 4.69. The van der Waals surface area contributed by atoms with Crippen LogP contribution in [0.3, 0.4) is 0 Å². The maximum atomic E-state index is 11.2. The molecule has 0 aliphatic rings. The normalized spacial score (nSPS) is 16.8.